The summed E-state index contributed by atoms with van der Waals surface area (Å²) >= 11 is 0. The van der Waals surface area contributed by atoms with Crippen LogP contribution in [0.15, 0.2) is 108 Å². The third-order valence-corrected chi connectivity index (χ3v) is 12.7. The Morgan fingerprint density at radius 1 is 0.839 bits per heavy atom. The average Bonchev–Trinajstić information content (AvgIpc) is 3.52. The van der Waals surface area contributed by atoms with Gasteiger partial charge in [0, 0.05) is 19.0 Å². The van der Waals surface area contributed by atoms with Crippen molar-refractivity contribution in [1.82, 2.24) is 9.55 Å². The van der Waals surface area contributed by atoms with Gasteiger partial charge in [-0.25, -0.2) is 9.59 Å². The molecular weight excluding hydrogens is 775 g/mol. The Hall–Kier alpha value is -5.32. The largest absolute Gasteiger partial charge is 0.542 e. The molecule has 0 unspecified atom stereocenters. The molecule has 0 radical (unpaired) electrons. The molecule has 0 aliphatic carbocycles. The molecule has 0 spiro atoms. The summed E-state index contributed by atoms with van der Waals surface area (Å²) in [5.41, 5.74) is 5.00. The van der Waals surface area contributed by atoms with E-state index < -0.39 is 55.7 Å². The fraction of sp³-hybridized carbons (Fsp3) is 0.324. The first kappa shape index (κ1) is 45.1. The first-order chi connectivity index (χ1) is 26.4. The number of nitrogens with zero attached hydrogens (tertiary/aromatic N) is 2. The van der Waals surface area contributed by atoms with Crippen LogP contribution in [0.25, 0.3) is 0 Å². The van der Waals surface area contributed by atoms with Crippen LogP contribution in [0, 0.1) is 0 Å². The maximum atomic E-state index is 12.5. The van der Waals surface area contributed by atoms with Gasteiger partial charge in [0.2, 0.25) is 0 Å². The number of anilines is 1. The maximum Gasteiger partial charge on any atom is 0.490 e. The van der Waals surface area contributed by atoms with E-state index in [0.717, 1.165) is 19.0 Å². The number of rotatable bonds is 12. The maximum absolute atomic E-state index is 12.5. The summed E-state index contributed by atoms with van der Waals surface area (Å²) in [5.74, 6) is -5.97. The molecule has 0 amide bonds. The number of nitrogen functional groups attached to an aromatic ring is 1. The molecule has 2 heterocycles. The van der Waals surface area contributed by atoms with Crippen molar-refractivity contribution in [3.8, 4) is 0 Å². The Balaban J connectivity index is 0.000000512. The lowest BCUT2D eigenvalue weighted by Crippen LogP contribution is -2.37. The second kappa shape index (κ2) is 20.6. The molecular formula is C37H38F6N3O9P. The Morgan fingerprint density at radius 2 is 1.30 bits per heavy atom. The highest BCUT2D eigenvalue weighted by atomic mass is 31.2. The van der Waals surface area contributed by atoms with Crippen molar-refractivity contribution in [2.45, 2.75) is 62.9 Å². The molecule has 1 saturated heterocycles. The van der Waals surface area contributed by atoms with Crippen molar-refractivity contribution in [2.75, 3.05) is 18.5 Å². The third kappa shape index (κ3) is 13.2. The van der Waals surface area contributed by atoms with Crippen molar-refractivity contribution in [2.24, 2.45) is 0 Å². The molecule has 4 N–H and O–H groups in total. The zero-order chi connectivity index (χ0) is 41.5. The van der Waals surface area contributed by atoms with E-state index in [1.165, 1.54) is 32.7 Å². The van der Waals surface area contributed by atoms with E-state index in [1.807, 2.05) is 0 Å². The van der Waals surface area contributed by atoms with Gasteiger partial charge in [0.25, 0.3) is 0 Å². The molecule has 1 aromatic heterocycles. The fourth-order valence-electron chi connectivity index (χ4n) is 5.61. The minimum Gasteiger partial charge on any atom is -0.542 e. The van der Waals surface area contributed by atoms with Crippen molar-refractivity contribution in [1.29, 1.82) is 0 Å². The van der Waals surface area contributed by atoms with Crippen molar-refractivity contribution in [3.05, 3.63) is 114 Å². The zero-order valence-electron chi connectivity index (χ0n) is 29.4. The van der Waals surface area contributed by atoms with Gasteiger partial charge in [-0.3, -0.25) is 9.36 Å². The molecule has 3 atom stereocenters. The van der Waals surface area contributed by atoms with Gasteiger partial charge in [-0.05, 0) is 61.7 Å². The topological polar surface area (TPSA) is 194 Å². The molecule has 1 aliphatic heterocycles. The number of benzene rings is 3. The van der Waals surface area contributed by atoms with Crippen molar-refractivity contribution in [3.63, 3.8) is 0 Å². The van der Waals surface area contributed by atoms with Crippen molar-refractivity contribution < 1.29 is 65.5 Å². The van der Waals surface area contributed by atoms with E-state index in [0.29, 0.717) is 12.8 Å². The Morgan fingerprint density at radius 3 is 1.71 bits per heavy atom. The molecule has 12 nitrogen and oxygen atoms in total. The molecule has 4 aromatic rings. The van der Waals surface area contributed by atoms with Gasteiger partial charge >= 0.3 is 30.0 Å². The number of carbonyl (C=O) groups excluding carboxylic acids is 2. The first-order valence-corrected chi connectivity index (χ1v) is 18.8. The fourth-order valence-corrected chi connectivity index (χ4v) is 10.0. The van der Waals surface area contributed by atoms with Crippen LogP contribution >= 0.6 is 7.26 Å². The standard InChI is InChI=1S/C33H36N3O5P.2C2HF3O2/c34-30-20-21-36(33(39)35-30)31-23-28(37)29(41-31)24-40-32(38)19-11-4-12-22-42(25-13-5-1-6-14-25,26-15-7-2-8-16-26)27-17-9-3-10-18-27;2*3-2(4,5)1(6)7/h1-3,5-10,13-18,20-21,28-29,31,37H,4,11-12,19,22-24H2,(H-,34,35,39);2*(H,6,7)/t28-,29+,31+;;/m0../s1. The number of carboxylic acid groups (broad SMARTS) is 2. The summed E-state index contributed by atoms with van der Waals surface area (Å²) in [6, 6.07) is 33.8. The number of aliphatic hydroxyl groups excluding tert-OH is 1. The predicted octanol–water partition coefficient (Wildman–Crippen LogP) is 3.50. The second-order valence-corrected chi connectivity index (χ2v) is 15.7. The summed E-state index contributed by atoms with van der Waals surface area (Å²) in [6.07, 6.45) is -6.99. The van der Waals surface area contributed by atoms with E-state index in [9.17, 15) is 41.0 Å². The Bertz CT molecular complexity index is 1800. The molecule has 302 valence electrons. The number of aliphatic hydroxyl groups is 1. The van der Waals surface area contributed by atoms with Crippen LogP contribution in [0.2, 0.25) is 0 Å². The van der Waals surface area contributed by atoms with Crippen LogP contribution < -0.4 is 32.4 Å². The number of hydrogen-bond donors (Lipinski definition) is 3. The summed E-state index contributed by atoms with van der Waals surface area (Å²) in [6.45, 7) is -0.0711. The number of halogens is 6. The number of ether oxygens (including phenoxy) is 2. The lowest BCUT2D eigenvalue weighted by molar-refractivity contribution is -0.344. The van der Waals surface area contributed by atoms with Gasteiger partial charge in [-0.1, -0.05) is 54.6 Å². The number of aliphatic carboxylic acids is 2. The molecule has 0 bridgehead atoms. The lowest BCUT2D eigenvalue weighted by Gasteiger charge is -2.27. The highest BCUT2D eigenvalue weighted by molar-refractivity contribution is 7.95. The van der Waals surface area contributed by atoms with Gasteiger partial charge in [0.15, 0.2) is 0 Å². The quantitative estimate of drug-likeness (QED) is 0.0821. The molecule has 19 heteroatoms. The van der Waals surface area contributed by atoms with Crippen LogP contribution in [-0.4, -0.2) is 75.0 Å². The minimum absolute atomic E-state index is 0.0711. The highest BCUT2D eigenvalue weighted by Crippen LogP contribution is 2.56. The van der Waals surface area contributed by atoms with Gasteiger partial charge < -0.3 is 35.3 Å². The third-order valence-electron chi connectivity index (χ3n) is 8.21. The number of alkyl halides is 6. The van der Waals surface area contributed by atoms with Crippen LogP contribution in [0.5, 0.6) is 0 Å². The second-order valence-electron chi connectivity index (χ2n) is 12.1. The minimum atomic E-state index is -5.19. The molecule has 3 aromatic carbocycles. The summed E-state index contributed by atoms with van der Waals surface area (Å²) in [5, 5.41) is 30.4. The molecule has 5 rings (SSSR count). The van der Waals surface area contributed by atoms with E-state index in [4.69, 9.17) is 35.0 Å². The van der Waals surface area contributed by atoms with Crippen molar-refractivity contribution >= 4 is 46.9 Å². The molecule has 0 saturated carbocycles. The van der Waals surface area contributed by atoms with E-state index in [-0.39, 0.29) is 24.8 Å². The summed E-state index contributed by atoms with van der Waals surface area (Å²) in [4.78, 5) is 46.0. The zero-order valence-corrected chi connectivity index (χ0v) is 30.3. The monoisotopic (exact) mass is 813 g/mol. The molecule has 1 aliphatic rings. The van der Waals surface area contributed by atoms with Crippen LogP contribution in [-0.2, 0) is 23.9 Å². The molecule has 56 heavy (non-hydrogen) atoms. The average molecular weight is 814 g/mol. The summed E-state index contributed by atoms with van der Waals surface area (Å²) in [7, 11) is -1.89. The lowest BCUT2D eigenvalue weighted by atomic mass is 10.2. The highest BCUT2D eigenvalue weighted by Gasteiger charge is 2.44. The van der Waals surface area contributed by atoms with E-state index in [1.54, 1.807) is 0 Å². The predicted molar refractivity (Wildman–Crippen MR) is 192 cm³/mol. The first-order valence-electron chi connectivity index (χ1n) is 16.8. The van der Waals surface area contributed by atoms with Crippen LogP contribution in [0.1, 0.15) is 38.3 Å². The van der Waals surface area contributed by atoms with Gasteiger partial charge in [0.05, 0.1) is 12.3 Å². The number of carbonyl (C=O) groups is 3. The van der Waals surface area contributed by atoms with Gasteiger partial charge in [-0.15, -0.1) is 0 Å². The smallest absolute Gasteiger partial charge is 0.490 e. The number of carboxylic acids is 2. The number of unbranched alkanes of at least 4 members (excludes halogenated alkanes) is 2. The Labute approximate surface area is 316 Å². The number of hydrogen-bond acceptors (Lipinski definition) is 10. The number of aromatic nitrogens is 2. The van der Waals surface area contributed by atoms with E-state index >= 15 is 0 Å². The van der Waals surface area contributed by atoms with E-state index in [2.05, 4.69) is 96.0 Å². The van der Waals surface area contributed by atoms with Crippen LogP contribution in [0.4, 0.5) is 32.2 Å². The van der Waals surface area contributed by atoms with Gasteiger partial charge in [-0.2, -0.15) is 31.3 Å². The normalized spacial score (nSPS) is 16.7. The number of esters is 1. The van der Waals surface area contributed by atoms with Crippen LogP contribution in [0.3, 0.4) is 0 Å². The SMILES string of the molecule is Nc1ccn([C@H]2C[C@H](O)[C@@H](COC(=O)CCCCC[P+](c3ccccc3)(c3ccccc3)c3ccccc3)O2)c(=O)n1.O=C(O)C(F)(F)F.O=C([O-])C(F)(F)F. The van der Waals surface area contributed by atoms with Gasteiger partial charge in [0.1, 0.15) is 53.9 Å². The Kier molecular flexibility index (Phi) is 16.5. The molecule has 1 fully saturated rings. The summed E-state index contributed by atoms with van der Waals surface area (Å²) < 4.78 is 75.8. The number of nitrogens with two attached hydrogens (primary N) is 1.